The van der Waals surface area contributed by atoms with Crippen molar-refractivity contribution in [3.8, 4) is 6.07 Å². The Labute approximate surface area is 158 Å². The summed E-state index contributed by atoms with van der Waals surface area (Å²) < 4.78 is 1.45. The molecule has 0 bridgehead atoms. The van der Waals surface area contributed by atoms with Crippen LogP contribution in [0.3, 0.4) is 0 Å². The molecule has 0 aliphatic carbocycles. The van der Waals surface area contributed by atoms with Gasteiger partial charge in [-0.3, -0.25) is 14.2 Å². The van der Waals surface area contributed by atoms with E-state index in [1.165, 1.54) is 28.3 Å². The summed E-state index contributed by atoms with van der Waals surface area (Å²) in [5.41, 5.74) is 1.65. The summed E-state index contributed by atoms with van der Waals surface area (Å²) in [6, 6.07) is 6.64. The van der Waals surface area contributed by atoms with Gasteiger partial charge in [0.25, 0.3) is 5.56 Å². The van der Waals surface area contributed by atoms with Crippen LogP contribution in [-0.2, 0) is 11.3 Å². The molecule has 3 rings (SSSR count). The van der Waals surface area contributed by atoms with Crippen LogP contribution in [0.2, 0.25) is 5.02 Å². The van der Waals surface area contributed by atoms with E-state index < -0.39 is 0 Å². The Hall–Kier alpha value is -2.69. The van der Waals surface area contributed by atoms with Gasteiger partial charge in [0.2, 0.25) is 5.91 Å². The van der Waals surface area contributed by atoms with E-state index in [2.05, 4.69) is 10.3 Å². The van der Waals surface area contributed by atoms with Crippen molar-refractivity contribution in [3.05, 3.63) is 55.9 Å². The second-order valence-corrected chi connectivity index (χ2v) is 7.42. The van der Waals surface area contributed by atoms with Crippen LogP contribution in [0.4, 0.5) is 5.69 Å². The molecule has 0 unspecified atom stereocenters. The van der Waals surface area contributed by atoms with Gasteiger partial charge in [0.15, 0.2) is 0 Å². The van der Waals surface area contributed by atoms with Gasteiger partial charge in [-0.1, -0.05) is 11.6 Å². The molecule has 3 aromatic rings. The lowest BCUT2D eigenvalue weighted by atomic mass is 10.2. The fraction of sp³-hybridized carbons (Fsp3) is 0.222. The van der Waals surface area contributed by atoms with E-state index in [1.807, 2.05) is 19.9 Å². The van der Waals surface area contributed by atoms with E-state index in [9.17, 15) is 9.59 Å². The summed E-state index contributed by atoms with van der Waals surface area (Å²) >= 11 is 7.45. The summed E-state index contributed by atoms with van der Waals surface area (Å²) in [6.07, 6.45) is 1.60. The minimum absolute atomic E-state index is 0.118. The topological polar surface area (TPSA) is 87.8 Å². The van der Waals surface area contributed by atoms with Crippen molar-refractivity contribution >= 4 is 44.7 Å². The van der Waals surface area contributed by atoms with E-state index in [4.69, 9.17) is 16.9 Å². The average molecular weight is 387 g/mol. The third-order valence-electron chi connectivity index (χ3n) is 4.11. The highest BCUT2D eigenvalue weighted by atomic mass is 35.5. The van der Waals surface area contributed by atoms with Crippen molar-refractivity contribution < 1.29 is 4.79 Å². The fourth-order valence-corrected chi connectivity index (χ4v) is 3.77. The number of fused-ring (bicyclic) bond motifs is 1. The number of benzene rings is 1. The minimum atomic E-state index is -0.254. The van der Waals surface area contributed by atoms with Crippen molar-refractivity contribution in [1.82, 2.24) is 9.55 Å². The number of carbonyl (C=O) groups excluding carboxylic acids is 1. The Kier molecular flexibility index (Phi) is 5.07. The van der Waals surface area contributed by atoms with Gasteiger partial charge >= 0.3 is 0 Å². The summed E-state index contributed by atoms with van der Waals surface area (Å²) in [5.74, 6) is -0.254. The van der Waals surface area contributed by atoms with Crippen molar-refractivity contribution in [2.45, 2.75) is 26.8 Å². The Balaban J connectivity index is 1.72. The average Bonchev–Trinajstić information content (AvgIpc) is 2.89. The van der Waals surface area contributed by atoms with Crippen molar-refractivity contribution in [2.24, 2.45) is 0 Å². The van der Waals surface area contributed by atoms with Crippen molar-refractivity contribution in [3.63, 3.8) is 0 Å². The van der Waals surface area contributed by atoms with E-state index in [1.54, 1.807) is 12.1 Å². The first-order valence-corrected chi connectivity index (χ1v) is 9.04. The second kappa shape index (κ2) is 7.28. The molecule has 0 radical (unpaired) electrons. The largest absolute Gasteiger partial charge is 0.326 e. The third kappa shape index (κ3) is 3.47. The summed E-state index contributed by atoms with van der Waals surface area (Å²) in [7, 11) is 0. The molecule has 0 aliphatic rings. The molecule has 6 nitrogen and oxygen atoms in total. The number of amides is 1. The lowest BCUT2D eigenvalue weighted by Crippen LogP contribution is -2.23. The van der Waals surface area contributed by atoms with Crippen molar-refractivity contribution in [1.29, 1.82) is 5.26 Å². The maximum atomic E-state index is 12.6. The number of hydrogen-bond donors (Lipinski definition) is 1. The fourth-order valence-electron chi connectivity index (χ4n) is 2.56. The molecular weight excluding hydrogens is 372 g/mol. The van der Waals surface area contributed by atoms with E-state index >= 15 is 0 Å². The predicted molar refractivity (Wildman–Crippen MR) is 103 cm³/mol. The number of thiophene rings is 1. The number of aromatic nitrogens is 2. The molecule has 8 heteroatoms. The van der Waals surface area contributed by atoms with Crippen LogP contribution in [-0.4, -0.2) is 15.5 Å². The molecule has 132 valence electrons. The number of anilines is 1. The molecule has 1 N–H and O–H groups in total. The molecule has 0 atom stereocenters. The highest BCUT2D eigenvalue weighted by Crippen LogP contribution is 2.25. The quantitative estimate of drug-likeness (QED) is 0.741. The maximum absolute atomic E-state index is 12.6. The zero-order chi connectivity index (χ0) is 18.8. The molecule has 2 heterocycles. The van der Waals surface area contributed by atoms with E-state index in [-0.39, 0.29) is 29.5 Å². The lowest BCUT2D eigenvalue weighted by Gasteiger charge is -2.08. The number of aryl methyl sites for hydroxylation is 3. The van der Waals surface area contributed by atoms with Gasteiger partial charge in [-0.25, -0.2) is 4.98 Å². The Morgan fingerprint density at radius 1 is 1.42 bits per heavy atom. The Bertz CT molecular complexity index is 1110. The molecular formula is C18H15ClN4O2S. The highest BCUT2D eigenvalue weighted by Gasteiger charge is 2.13. The standard InChI is InChI=1S/C18H15ClN4O2S/c1-10-11(2)26-17-16(10)18(25)23(9-21-17)6-5-15(24)22-13-4-3-12(8-20)14(19)7-13/h3-4,7,9H,5-6H2,1-2H3,(H,22,24). The number of nitrogens with zero attached hydrogens (tertiary/aromatic N) is 3. The van der Waals surface area contributed by atoms with Gasteiger partial charge in [0, 0.05) is 23.5 Å². The van der Waals surface area contributed by atoms with Gasteiger partial charge in [0.05, 0.1) is 22.3 Å². The normalized spacial score (nSPS) is 10.7. The van der Waals surface area contributed by atoms with E-state index in [0.717, 1.165) is 15.3 Å². The van der Waals surface area contributed by atoms with Gasteiger partial charge in [-0.05, 0) is 37.6 Å². The van der Waals surface area contributed by atoms with Gasteiger partial charge in [-0.15, -0.1) is 11.3 Å². The van der Waals surface area contributed by atoms with Crippen LogP contribution in [0.5, 0.6) is 0 Å². The van der Waals surface area contributed by atoms with Gasteiger partial charge < -0.3 is 5.32 Å². The van der Waals surface area contributed by atoms with Crippen LogP contribution in [0.1, 0.15) is 22.4 Å². The smallest absolute Gasteiger partial charge is 0.262 e. The minimum Gasteiger partial charge on any atom is -0.326 e. The first-order chi connectivity index (χ1) is 12.4. The number of nitrogens with one attached hydrogen (secondary N) is 1. The Morgan fingerprint density at radius 3 is 2.88 bits per heavy atom. The second-order valence-electron chi connectivity index (χ2n) is 5.81. The SMILES string of the molecule is Cc1sc2ncn(CCC(=O)Nc3ccc(C#N)c(Cl)c3)c(=O)c2c1C. The summed E-state index contributed by atoms with van der Waals surface area (Å²) in [5, 5.41) is 12.5. The number of halogens is 1. The van der Waals surface area contributed by atoms with Gasteiger partial charge in [-0.2, -0.15) is 5.26 Å². The van der Waals surface area contributed by atoms with Crippen LogP contribution < -0.4 is 10.9 Å². The summed E-state index contributed by atoms with van der Waals surface area (Å²) in [4.78, 5) is 30.8. The number of nitriles is 1. The molecule has 0 fully saturated rings. The molecule has 0 spiro atoms. The van der Waals surface area contributed by atoms with Gasteiger partial charge in [0.1, 0.15) is 10.9 Å². The monoisotopic (exact) mass is 386 g/mol. The third-order valence-corrected chi connectivity index (χ3v) is 5.54. The lowest BCUT2D eigenvalue weighted by molar-refractivity contribution is -0.116. The summed E-state index contributed by atoms with van der Waals surface area (Å²) in [6.45, 7) is 4.09. The van der Waals surface area contributed by atoms with Crippen molar-refractivity contribution in [2.75, 3.05) is 5.32 Å². The zero-order valence-corrected chi connectivity index (χ0v) is 15.7. The number of rotatable bonds is 4. The Morgan fingerprint density at radius 2 is 2.19 bits per heavy atom. The maximum Gasteiger partial charge on any atom is 0.262 e. The molecule has 2 aromatic heterocycles. The molecule has 26 heavy (non-hydrogen) atoms. The molecule has 0 aliphatic heterocycles. The number of hydrogen-bond acceptors (Lipinski definition) is 5. The molecule has 0 saturated carbocycles. The first kappa shape index (κ1) is 18.1. The first-order valence-electron chi connectivity index (χ1n) is 7.85. The van der Waals surface area contributed by atoms with Crippen LogP contribution >= 0.6 is 22.9 Å². The predicted octanol–water partition coefficient (Wildman–Crippen LogP) is 3.63. The van der Waals surface area contributed by atoms with Crippen LogP contribution in [0.25, 0.3) is 10.2 Å². The van der Waals surface area contributed by atoms with E-state index in [0.29, 0.717) is 16.6 Å². The zero-order valence-electron chi connectivity index (χ0n) is 14.2. The van der Waals surface area contributed by atoms with Crippen LogP contribution in [0, 0.1) is 25.2 Å². The number of carbonyl (C=O) groups is 1. The highest BCUT2D eigenvalue weighted by molar-refractivity contribution is 7.18. The molecule has 1 aromatic carbocycles. The molecule has 0 saturated heterocycles. The molecule has 1 amide bonds. The van der Waals surface area contributed by atoms with Crippen LogP contribution in [0.15, 0.2) is 29.3 Å².